The van der Waals surface area contributed by atoms with Crippen LogP contribution in [0.4, 0.5) is 8.78 Å². The Balaban J connectivity index is 1.21. The number of carbonyl (C=O) groups is 1. The van der Waals surface area contributed by atoms with E-state index in [-0.39, 0.29) is 24.5 Å². The van der Waals surface area contributed by atoms with Crippen LogP contribution in [0, 0.1) is 17.6 Å². The van der Waals surface area contributed by atoms with Gasteiger partial charge in [0.25, 0.3) is 5.91 Å². The molecule has 7 nitrogen and oxygen atoms in total. The number of aromatic nitrogens is 2. The van der Waals surface area contributed by atoms with Crippen molar-refractivity contribution in [1.82, 2.24) is 15.5 Å². The predicted octanol–water partition coefficient (Wildman–Crippen LogP) is 3.28. The fourth-order valence-electron chi connectivity index (χ4n) is 3.71. The smallest absolute Gasteiger partial charge is 0.258 e. The molecule has 156 valence electrons. The van der Waals surface area contributed by atoms with Gasteiger partial charge in [-0.25, -0.2) is 8.78 Å². The molecule has 0 spiro atoms. The highest BCUT2D eigenvalue weighted by Gasteiger charge is 2.33. The van der Waals surface area contributed by atoms with E-state index in [1.165, 1.54) is 0 Å². The van der Waals surface area contributed by atoms with Gasteiger partial charge in [-0.3, -0.25) is 4.79 Å². The molecule has 2 aliphatic rings. The molecule has 1 N–H and O–H groups in total. The van der Waals surface area contributed by atoms with Crippen molar-refractivity contribution in [2.24, 2.45) is 5.92 Å². The van der Waals surface area contributed by atoms with Crippen LogP contribution >= 0.6 is 0 Å². The van der Waals surface area contributed by atoms with E-state index in [0.717, 1.165) is 25.0 Å². The summed E-state index contributed by atoms with van der Waals surface area (Å²) in [4.78, 5) is 12.0. The fourth-order valence-corrected chi connectivity index (χ4v) is 3.71. The summed E-state index contributed by atoms with van der Waals surface area (Å²) in [5, 5.41) is 11.1. The zero-order chi connectivity index (χ0) is 20.4. The predicted molar refractivity (Wildman–Crippen MR) is 97.1 cm³/mol. The number of hydrogen-bond donors (Lipinski definition) is 1. The van der Waals surface area contributed by atoms with Gasteiger partial charge in [0.1, 0.15) is 11.9 Å². The van der Waals surface area contributed by atoms with Gasteiger partial charge in [-0.05, 0) is 43.7 Å². The molecule has 29 heavy (non-hydrogen) atoms. The summed E-state index contributed by atoms with van der Waals surface area (Å²) >= 11 is 0. The van der Waals surface area contributed by atoms with Crippen LogP contribution in [0.3, 0.4) is 0 Å². The summed E-state index contributed by atoms with van der Waals surface area (Å²) in [7, 11) is 0. The molecule has 1 aromatic heterocycles. The topological polar surface area (TPSA) is 86.5 Å². The number of carbonyl (C=O) groups excluding carboxylic acids is 1. The molecule has 1 aliphatic carbocycles. The zero-order valence-corrected chi connectivity index (χ0v) is 16.1. The molecule has 1 aliphatic heterocycles. The molecule has 2 fully saturated rings. The van der Waals surface area contributed by atoms with Gasteiger partial charge in [-0.1, -0.05) is 6.92 Å². The molecule has 2 aromatic rings. The minimum Gasteiger partial charge on any atom is -0.481 e. The van der Waals surface area contributed by atoms with Crippen molar-refractivity contribution in [2.75, 3.05) is 13.2 Å². The Bertz CT molecular complexity index is 861. The van der Waals surface area contributed by atoms with Crippen molar-refractivity contribution in [2.45, 2.75) is 50.7 Å². The first-order valence-corrected chi connectivity index (χ1v) is 9.80. The van der Waals surface area contributed by atoms with Gasteiger partial charge in [-0.2, -0.15) is 0 Å². The summed E-state index contributed by atoms with van der Waals surface area (Å²) in [6.45, 7) is 2.14. The second-order valence-corrected chi connectivity index (χ2v) is 7.78. The van der Waals surface area contributed by atoms with Crippen molar-refractivity contribution >= 4 is 5.91 Å². The molecule has 0 bridgehead atoms. The van der Waals surface area contributed by atoms with Crippen molar-refractivity contribution in [1.29, 1.82) is 0 Å². The normalized spacial score (nSPS) is 26.6. The first kappa shape index (κ1) is 19.8. The van der Waals surface area contributed by atoms with Crippen LogP contribution in [0.5, 0.6) is 5.75 Å². The quantitative estimate of drug-likeness (QED) is 0.791. The van der Waals surface area contributed by atoms with E-state index in [0.29, 0.717) is 49.1 Å². The number of halogens is 2. The maximum atomic E-state index is 13.5. The van der Waals surface area contributed by atoms with E-state index in [1.54, 1.807) is 0 Å². The summed E-state index contributed by atoms with van der Waals surface area (Å²) in [5.74, 6) is 0.0963. The Morgan fingerprint density at radius 2 is 2.03 bits per heavy atom. The van der Waals surface area contributed by atoms with E-state index < -0.39 is 17.5 Å². The molecule has 1 saturated carbocycles. The highest BCUT2D eigenvalue weighted by Crippen LogP contribution is 2.41. The van der Waals surface area contributed by atoms with Crippen LogP contribution in [0.1, 0.15) is 56.4 Å². The second kappa shape index (κ2) is 8.44. The Kier molecular flexibility index (Phi) is 5.75. The SMILES string of the molecule is CC1CC(c2nnc([C@H]3CC[C@H](NC(=O)COc4ccc(F)cc4F)CO3)o2)C1. The molecule has 1 amide bonds. The average molecular weight is 407 g/mol. The Labute approximate surface area is 166 Å². The monoisotopic (exact) mass is 407 g/mol. The average Bonchev–Trinajstić information content (AvgIpc) is 3.15. The molecular weight excluding hydrogens is 384 g/mol. The van der Waals surface area contributed by atoms with Gasteiger partial charge in [0.15, 0.2) is 18.2 Å². The fraction of sp³-hybridized carbons (Fsp3) is 0.550. The minimum atomic E-state index is -0.850. The lowest BCUT2D eigenvalue weighted by molar-refractivity contribution is -0.125. The number of amides is 1. The largest absolute Gasteiger partial charge is 0.481 e. The third kappa shape index (κ3) is 4.72. The van der Waals surface area contributed by atoms with Crippen LogP contribution in [-0.2, 0) is 9.53 Å². The number of benzene rings is 1. The summed E-state index contributed by atoms with van der Waals surface area (Å²) in [6.07, 6.45) is 3.20. The van der Waals surface area contributed by atoms with E-state index in [9.17, 15) is 13.6 Å². The molecular formula is C20H23F2N3O4. The summed E-state index contributed by atoms with van der Waals surface area (Å²) in [6, 6.07) is 2.74. The third-order valence-corrected chi connectivity index (χ3v) is 5.35. The van der Waals surface area contributed by atoms with Gasteiger partial charge in [0.05, 0.1) is 12.6 Å². The lowest BCUT2D eigenvalue weighted by atomic mass is 9.76. The number of nitrogens with one attached hydrogen (secondary N) is 1. The third-order valence-electron chi connectivity index (χ3n) is 5.35. The van der Waals surface area contributed by atoms with Gasteiger partial charge in [0, 0.05) is 12.0 Å². The molecule has 1 saturated heterocycles. The molecule has 2 heterocycles. The Morgan fingerprint density at radius 3 is 2.72 bits per heavy atom. The lowest BCUT2D eigenvalue weighted by Gasteiger charge is -2.29. The first-order valence-electron chi connectivity index (χ1n) is 9.80. The van der Waals surface area contributed by atoms with Crippen molar-refractivity contribution in [3.05, 3.63) is 41.6 Å². The van der Waals surface area contributed by atoms with E-state index >= 15 is 0 Å². The van der Waals surface area contributed by atoms with Crippen LogP contribution in [0.2, 0.25) is 0 Å². The molecule has 2 atom stereocenters. The number of ether oxygens (including phenoxy) is 2. The van der Waals surface area contributed by atoms with Gasteiger partial charge < -0.3 is 19.2 Å². The second-order valence-electron chi connectivity index (χ2n) is 7.78. The van der Waals surface area contributed by atoms with E-state index in [4.69, 9.17) is 13.9 Å². The molecule has 0 radical (unpaired) electrons. The standard InChI is InChI=1S/C20H23F2N3O4/c1-11-6-12(7-11)19-24-25-20(29-19)17-5-3-14(9-27-17)23-18(26)10-28-16-4-2-13(21)8-15(16)22/h2,4,8,11-12,14,17H,3,5-7,9-10H2,1H3,(H,23,26)/t11?,12?,14-,17+/m0/s1. The van der Waals surface area contributed by atoms with Crippen molar-refractivity contribution in [3.8, 4) is 5.75 Å². The maximum Gasteiger partial charge on any atom is 0.258 e. The van der Waals surface area contributed by atoms with E-state index in [2.05, 4.69) is 22.4 Å². The maximum absolute atomic E-state index is 13.5. The van der Waals surface area contributed by atoms with Crippen LogP contribution in [0.15, 0.2) is 22.6 Å². The van der Waals surface area contributed by atoms with E-state index in [1.807, 2.05) is 0 Å². The Hall–Kier alpha value is -2.55. The van der Waals surface area contributed by atoms with Crippen LogP contribution < -0.4 is 10.1 Å². The molecule has 0 unspecified atom stereocenters. The first-order chi connectivity index (χ1) is 14.0. The Morgan fingerprint density at radius 1 is 1.24 bits per heavy atom. The minimum absolute atomic E-state index is 0.172. The molecule has 4 rings (SSSR count). The van der Waals surface area contributed by atoms with Crippen molar-refractivity contribution < 1.29 is 27.5 Å². The highest BCUT2D eigenvalue weighted by atomic mass is 19.1. The van der Waals surface area contributed by atoms with Gasteiger partial charge in [-0.15, -0.1) is 10.2 Å². The zero-order valence-electron chi connectivity index (χ0n) is 16.1. The van der Waals surface area contributed by atoms with Crippen LogP contribution in [0.25, 0.3) is 0 Å². The van der Waals surface area contributed by atoms with Crippen LogP contribution in [-0.4, -0.2) is 35.4 Å². The number of hydrogen-bond acceptors (Lipinski definition) is 6. The van der Waals surface area contributed by atoms with Crippen molar-refractivity contribution in [3.63, 3.8) is 0 Å². The number of nitrogens with zero attached hydrogens (tertiary/aromatic N) is 2. The lowest BCUT2D eigenvalue weighted by Crippen LogP contribution is -2.43. The highest BCUT2D eigenvalue weighted by molar-refractivity contribution is 5.77. The van der Waals surface area contributed by atoms with Gasteiger partial charge >= 0.3 is 0 Å². The summed E-state index contributed by atoms with van der Waals surface area (Å²) in [5.41, 5.74) is 0. The number of rotatable bonds is 6. The van der Waals surface area contributed by atoms with Gasteiger partial charge in [0.2, 0.25) is 11.8 Å². The molecule has 1 aromatic carbocycles. The molecule has 9 heteroatoms. The summed E-state index contributed by atoms with van der Waals surface area (Å²) < 4.78 is 43.1.